The highest BCUT2D eigenvalue weighted by molar-refractivity contribution is 9.10. The fourth-order valence-corrected chi connectivity index (χ4v) is 1.85. The van der Waals surface area contributed by atoms with Gasteiger partial charge in [-0.3, -0.25) is 5.32 Å². The predicted octanol–water partition coefficient (Wildman–Crippen LogP) is 4.38. The molecule has 0 aliphatic rings. The first-order valence-electron chi connectivity index (χ1n) is 6.58. The van der Waals surface area contributed by atoms with Crippen molar-refractivity contribution in [1.29, 1.82) is 0 Å². The van der Waals surface area contributed by atoms with Crippen molar-refractivity contribution in [2.24, 2.45) is 0 Å². The van der Waals surface area contributed by atoms with Crippen LogP contribution in [0.25, 0.3) is 0 Å². The van der Waals surface area contributed by atoms with Crippen LogP contribution in [0.3, 0.4) is 0 Å². The molecule has 2 aromatic rings. The van der Waals surface area contributed by atoms with Gasteiger partial charge in [-0.1, -0.05) is 6.07 Å². The van der Waals surface area contributed by atoms with Crippen LogP contribution in [-0.4, -0.2) is 21.7 Å². The van der Waals surface area contributed by atoms with Crippen LogP contribution < -0.4 is 10.1 Å². The van der Waals surface area contributed by atoms with E-state index >= 15 is 0 Å². The van der Waals surface area contributed by atoms with Crippen LogP contribution in [0.2, 0.25) is 0 Å². The smallest absolute Gasteiger partial charge is 0.412 e. The number of hydrogen-bond donors (Lipinski definition) is 1. The number of benzene rings is 1. The molecule has 6 nitrogen and oxygen atoms in total. The van der Waals surface area contributed by atoms with Crippen molar-refractivity contribution in [2.45, 2.75) is 26.4 Å². The van der Waals surface area contributed by atoms with Gasteiger partial charge in [0, 0.05) is 24.0 Å². The number of ether oxygens (including phenoxy) is 2. The summed E-state index contributed by atoms with van der Waals surface area (Å²) in [6, 6.07) is 8.58. The Hall–Kier alpha value is -2.15. The quantitative estimate of drug-likeness (QED) is 0.817. The molecule has 0 saturated carbocycles. The van der Waals surface area contributed by atoms with Gasteiger partial charge in [-0.15, -0.1) is 0 Å². The van der Waals surface area contributed by atoms with Crippen LogP contribution in [0.1, 0.15) is 20.8 Å². The minimum absolute atomic E-state index is 0.399. The van der Waals surface area contributed by atoms with E-state index in [0.29, 0.717) is 22.1 Å². The molecule has 0 saturated heterocycles. The summed E-state index contributed by atoms with van der Waals surface area (Å²) >= 11 is 3.17. The minimum atomic E-state index is -0.550. The van der Waals surface area contributed by atoms with E-state index < -0.39 is 11.7 Å². The Labute approximate surface area is 137 Å². The Bertz CT molecular complexity index is 671. The maximum absolute atomic E-state index is 11.7. The molecule has 0 aliphatic carbocycles. The highest BCUT2D eigenvalue weighted by Crippen LogP contribution is 2.23. The van der Waals surface area contributed by atoms with E-state index in [0.717, 1.165) is 0 Å². The number of nitrogens with zero attached hydrogens (tertiary/aromatic N) is 2. The number of hydrogen-bond acceptors (Lipinski definition) is 5. The Morgan fingerprint density at radius 1 is 1.27 bits per heavy atom. The molecule has 1 aromatic carbocycles. The molecule has 0 atom stereocenters. The van der Waals surface area contributed by atoms with Crippen molar-refractivity contribution in [2.75, 3.05) is 5.32 Å². The molecular formula is C15H16BrN3O3. The molecule has 1 aromatic heterocycles. The lowest BCUT2D eigenvalue weighted by Crippen LogP contribution is -2.27. The van der Waals surface area contributed by atoms with Gasteiger partial charge in [0.15, 0.2) is 4.73 Å². The van der Waals surface area contributed by atoms with Crippen molar-refractivity contribution in [3.63, 3.8) is 0 Å². The van der Waals surface area contributed by atoms with E-state index in [1.807, 2.05) is 0 Å². The van der Waals surface area contributed by atoms with Gasteiger partial charge < -0.3 is 9.47 Å². The van der Waals surface area contributed by atoms with Crippen molar-refractivity contribution in [3.05, 3.63) is 41.3 Å². The van der Waals surface area contributed by atoms with Gasteiger partial charge in [0.1, 0.15) is 11.4 Å². The van der Waals surface area contributed by atoms with E-state index in [1.165, 1.54) is 0 Å². The van der Waals surface area contributed by atoms with Gasteiger partial charge in [-0.25, -0.2) is 9.78 Å². The van der Waals surface area contributed by atoms with E-state index in [9.17, 15) is 4.79 Å². The third kappa shape index (κ3) is 5.33. The fraction of sp³-hybridized carbons (Fsp3) is 0.267. The number of amides is 1. The van der Waals surface area contributed by atoms with Gasteiger partial charge in [-0.2, -0.15) is 4.98 Å². The maximum Gasteiger partial charge on any atom is 0.412 e. The van der Waals surface area contributed by atoms with Crippen LogP contribution in [0.4, 0.5) is 10.5 Å². The summed E-state index contributed by atoms with van der Waals surface area (Å²) in [4.78, 5) is 19.7. The molecular weight excluding hydrogens is 350 g/mol. The molecule has 1 N–H and O–H groups in total. The third-order valence-corrected chi connectivity index (χ3v) is 2.68. The lowest BCUT2D eigenvalue weighted by Gasteiger charge is -2.19. The molecule has 0 aliphatic heterocycles. The second-order valence-corrected chi connectivity index (χ2v) is 6.13. The minimum Gasteiger partial charge on any atom is -0.444 e. The summed E-state index contributed by atoms with van der Waals surface area (Å²) in [5, 5.41) is 2.65. The number of halogens is 1. The van der Waals surface area contributed by atoms with Crippen molar-refractivity contribution in [1.82, 2.24) is 9.97 Å². The standard InChI is InChI=1S/C15H16BrN3O3/c1-15(2,3)22-14(20)18-10-5-4-6-11(9-10)21-12-7-8-17-13(16)19-12/h4-9H,1-3H3,(H,18,20). The molecule has 0 radical (unpaired) electrons. The summed E-state index contributed by atoms with van der Waals surface area (Å²) in [7, 11) is 0. The van der Waals surface area contributed by atoms with Crippen LogP contribution >= 0.6 is 15.9 Å². The average molecular weight is 366 g/mol. The van der Waals surface area contributed by atoms with Crippen LogP contribution in [0.15, 0.2) is 41.3 Å². The Morgan fingerprint density at radius 3 is 2.73 bits per heavy atom. The summed E-state index contributed by atoms with van der Waals surface area (Å²) in [5.41, 5.74) is 0.0192. The molecule has 1 heterocycles. The number of carbonyl (C=O) groups is 1. The predicted molar refractivity (Wildman–Crippen MR) is 86.1 cm³/mol. The van der Waals surface area contributed by atoms with E-state index in [2.05, 4.69) is 31.2 Å². The van der Waals surface area contributed by atoms with Crippen LogP contribution in [0.5, 0.6) is 11.6 Å². The molecule has 22 heavy (non-hydrogen) atoms. The second kappa shape index (κ2) is 6.74. The molecule has 116 valence electrons. The Balaban J connectivity index is 2.05. The molecule has 2 rings (SSSR count). The Kier molecular flexibility index (Phi) is 4.97. The summed E-state index contributed by atoms with van der Waals surface area (Å²) in [6.45, 7) is 5.41. The number of carbonyl (C=O) groups excluding carboxylic acids is 1. The fourth-order valence-electron chi connectivity index (χ4n) is 1.56. The topological polar surface area (TPSA) is 73.3 Å². The number of nitrogens with one attached hydrogen (secondary N) is 1. The second-order valence-electron chi connectivity index (χ2n) is 5.42. The lowest BCUT2D eigenvalue weighted by molar-refractivity contribution is 0.0636. The van der Waals surface area contributed by atoms with E-state index in [-0.39, 0.29) is 0 Å². The zero-order valence-corrected chi connectivity index (χ0v) is 14.0. The molecule has 0 unspecified atom stereocenters. The molecule has 0 spiro atoms. The summed E-state index contributed by atoms with van der Waals surface area (Å²) < 4.78 is 11.2. The van der Waals surface area contributed by atoms with Gasteiger partial charge in [0.05, 0.1) is 0 Å². The number of aromatic nitrogens is 2. The number of anilines is 1. The van der Waals surface area contributed by atoms with E-state index in [1.54, 1.807) is 57.3 Å². The first-order chi connectivity index (χ1) is 10.3. The normalized spacial score (nSPS) is 10.9. The average Bonchev–Trinajstić information content (AvgIpc) is 2.36. The van der Waals surface area contributed by atoms with Gasteiger partial charge in [0.2, 0.25) is 5.88 Å². The van der Waals surface area contributed by atoms with Crippen molar-refractivity contribution >= 4 is 27.7 Å². The molecule has 1 amide bonds. The maximum atomic E-state index is 11.7. The van der Waals surface area contributed by atoms with E-state index in [4.69, 9.17) is 9.47 Å². The van der Waals surface area contributed by atoms with Crippen molar-refractivity contribution < 1.29 is 14.3 Å². The van der Waals surface area contributed by atoms with Crippen molar-refractivity contribution in [3.8, 4) is 11.6 Å². The SMILES string of the molecule is CC(C)(C)OC(=O)Nc1cccc(Oc2ccnc(Br)n2)c1. The van der Waals surface area contributed by atoms with Crippen LogP contribution in [-0.2, 0) is 4.74 Å². The molecule has 0 bridgehead atoms. The first kappa shape index (κ1) is 16.2. The summed E-state index contributed by atoms with van der Waals surface area (Å²) in [6.07, 6.45) is 1.06. The zero-order chi connectivity index (χ0) is 16.2. The molecule has 0 fully saturated rings. The van der Waals surface area contributed by atoms with Crippen LogP contribution in [0, 0.1) is 0 Å². The summed E-state index contributed by atoms with van der Waals surface area (Å²) in [5.74, 6) is 0.940. The first-order valence-corrected chi connectivity index (χ1v) is 7.37. The largest absolute Gasteiger partial charge is 0.444 e. The van der Waals surface area contributed by atoms with Gasteiger partial charge >= 0.3 is 6.09 Å². The highest BCUT2D eigenvalue weighted by Gasteiger charge is 2.16. The monoisotopic (exact) mass is 365 g/mol. The zero-order valence-electron chi connectivity index (χ0n) is 12.5. The van der Waals surface area contributed by atoms with Gasteiger partial charge in [0.25, 0.3) is 0 Å². The number of rotatable bonds is 3. The third-order valence-electron chi connectivity index (χ3n) is 2.30. The molecule has 7 heteroatoms. The lowest BCUT2D eigenvalue weighted by atomic mass is 10.2. The van der Waals surface area contributed by atoms with Gasteiger partial charge in [-0.05, 0) is 48.8 Å². The highest BCUT2D eigenvalue weighted by atomic mass is 79.9. The Morgan fingerprint density at radius 2 is 2.05 bits per heavy atom.